The maximum atomic E-state index is 9.10. The monoisotopic (exact) mass is 451 g/mol. The lowest BCUT2D eigenvalue weighted by atomic mass is 10.1. The minimum atomic E-state index is -1.82. The summed E-state index contributed by atoms with van der Waals surface area (Å²) in [5.41, 5.74) is 2.32. The van der Waals surface area contributed by atoms with Gasteiger partial charge in [-0.1, -0.05) is 72.8 Å². The van der Waals surface area contributed by atoms with Crippen LogP contribution in [0.2, 0.25) is 0 Å². The third-order valence-corrected chi connectivity index (χ3v) is 4.55. The number of carbonyl (C=O) groups is 2. The molecule has 174 valence electrons. The lowest BCUT2D eigenvalue weighted by Crippen LogP contribution is -2.19. The van der Waals surface area contributed by atoms with Crippen LogP contribution in [0, 0.1) is 0 Å². The van der Waals surface area contributed by atoms with E-state index in [1.807, 2.05) is 48.5 Å². The molecular formula is C26H29NO6. The first kappa shape index (κ1) is 25.4. The summed E-state index contributed by atoms with van der Waals surface area (Å²) in [4.78, 5) is 20.4. The minimum Gasteiger partial charge on any atom is -0.485 e. The molecule has 0 radical (unpaired) electrons. The molecule has 0 fully saturated rings. The average molecular weight is 452 g/mol. The van der Waals surface area contributed by atoms with Crippen molar-refractivity contribution in [3.05, 3.63) is 96.1 Å². The fraction of sp³-hybridized carbons (Fsp3) is 0.231. The Bertz CT molecular complexity index is 980. The molecule has 3 aromatic rings. The molecule has 0 bridgehead atoms. The van der Waals surface area contributed by atoms with Crippen LogP contribution in [0.3, 0.4) is 0 Å². The van der Waals surface area contributed by atoms with Crippen molar-refractivity contribution in [3.63, 3.8) is 0 Å². The minimum absolute atomic E-state index is 0.0184. The molecule has 7 heteroatoms. The first-order valence-corrected chi connectivity index (χ1v) is 10.4. The average Bonchev–Trinajstić information content (AvgIpc) is 2.82. The molecule has 3 aromatic carbocycles. The van der Waals surface area contributed by atoms with Crippen LogP contribution in [-0.4, -0.2) is 47.7 Å². The maximum absolute atomic E-state index is 9.10. The van der Waals surface area contributed by atoms with Gasteiger partial charge in [-0.15, -0.1) is 0 Å². The summed E-state index contributed by atoms with van der Waals surface area (Å²) in [6.45, 7) is 1.47. The van der Waals surface area contributed by atoms with Crippen LogP contribution in [0.25, 0.3) is 0 Å². The first-order chi connectivity index (χ1) is 15.9. The van der Waals surface area contributed by atoms with Gasteiger partial charge in [-0.2, -0.15) is 0 Å². The number of para-hydroxylation sites is 2. The Balaban J connectivity index is 0.000000569. The summed E-state index contributed by atoms with van der Waals surface area (Å²) in [6.07, 6.45) is 0.888. The second-order valence-corrected chi connectivity index (χ2v) is 7.44. The number of carboxylic acids is 2. The van der Waals surface area contributed by atoms with Crippen molar-refractivity contribution in [1.29, 1.82) is 0 Å². The predicted octanol–water partition coefficient (Wildman–Crippen LogP) is 4.49. The van der Waals surface area contributed by atoms with Gasteiger partial charge in [0.1, 0.15) is 12.7 Å². The highest BCUT2D eigenvalue weighted by Crippen LogP contribution is 2.33. The molecule has 7 nitrogen and oxygen atoms in total. The number of benzene rings is 3. The molecular weight excluding hydrogens is 422 g/mol. The van der Waals surface area contributed by atoms with Crippen LogP contribution in [0.15, 0.2) is 84.9 Å². The Morgan fingerprint density at radius 1 is 0.788 bits per heavy atom. The van der Waals surface area contributed by atoms with Gasteiger partial charge in [0.25, 0.3) is 0 Å². The van der Waals surface area contributed by atoms with E-state index in [-0.39, 0.29) is 6.10 Å². The Hall–Kier alpha value is -3.84. The molecule has 2 N–H and O–H groups in total. The highest BCUT2D eigenvalue weighted by molar-refractivity contribution is 6.27. The third-order valence-electron chi connectivity index (χ3n) is 4.55. The molecule has 33 heavy (non-hydrogen) atoms. The van der Waals surface area contributed by atoms with Crippen molar-refractivity contribution in [2.45, 2.75) is 19.1 Å². The zero-order chi connectivity index (χ0) is 24.1. The number of nitrogens with zero attached hydrogens (tertiary/aromatic N) is 1. The summed E-state index contributed by atoms with van der Waals surface area (Å²) in [5, 5.41) is 14.8. The van der Waals surface area contributed by atoms with Gasteiger partial charge < -0.3 is 24.6 Å². The van der Waals surface area contributed by atoms with Gasteiger partial charge in [0.2, 0.25) is 0 Å². The van der Waals surface area contributed by atoms with Crippen LogP contribution in [0.1, 0.15) is 23.7 Å². The quantitative estimate of drug-likeness (QED) is 0.463. The van der Waals surface area contributed by atoms with Crippen molar-refractivity contribution < 1.29 is 29.3 Å². The number of aliphatic carboxylic acids is 2. The van der Waals surface area contributed by atoms with E-state index in [0.717, 1.165) is 30.0 Å². The fourth-order valence-corrected chi connectivity index (χ4v) is 2.89. The lowest BCUT2D eigenvalue weighted by Gasteiger charge is -2.23. The van der Waals surface area contributed by atoms with E-state index in [2.05, 4.69) is 55.4 Å². The SMILES string of the molecule is CN(C)CCC(Oc1ccccc1OCc1ccccc1)c1ccccc1.O=C(O)C(=O)O. The molecule has 0 spiro atoms. The van der Waals surface area contributed by atoms with E-state index < -0.39 is 11.9 Å². The van der Waals surface area contributed by atoms with E-state index in [1.165, 1.54) is 5.56 Å². The molecule has 1 atom stereocenters. The molecule has 0 aliphatic heterocycles. The van der Waals surface area contributed by atoms with Crippen molar-refractivity contribution in [1.82, 2.24) is 4.90 Å². The molecule has 0 aliphatic carbocycles. The zero-order valence-corrected chi connectivity index (χ0v) is 18.8. The van der Waals surface area contributed by atoms with E-state index in [1.54, 1.807) is 0 Å². The van der Waals surface area contributed by atoms with E-state index >= 15 is 0 Å². The summed E-state index contributed by atoms with van der Waals surface area (Å²) >= 11 is 0. The van der Waals surface area contributed by atoms with E-state index in [4.69, 9.17) is 29.3 Å². The standard InChI is InChI=1S/C24H27NO2.C2H2O4/c1-25(2)18-17-22(21-13-7-4-8-14-21)27-24-16-10-9-15-23(24)26-19-20-11-5-3-6-12-20;3-1(4)2(5)6/h3-16,22H,17-19H2,1-2H3;(H,3,4)(H,5,6). The maximum Gasteiger partial charge on any atom is 0.414 e. The Morgan fingerprint density at radius 2 is 1.30 bits per heavy atom. The van der Waals surface area contributed by atoms with E-state index in [9.17, 15) is 0 Å². The fourth-order valence-electron chi connectivity index (χ4n) is 2.89. The van der Waals surface area contributed by atoms with Crippen molar-refractivity contribution >= 4 is 11.9 Å². The Labute approximate surface area is 193 Å². The van der Waals surface area contributed by atoms with Crippen LogP contribution in [-0.2, 0) is 16.2 Å². The van der Waals surface area contributed by atoms with Gasteiger partial charge in [0.05, 0.1) is 0 Å². The number of hydrogen-bond acceptors (Lipinski definition) is 5. The molecule has 3 rings (SSSR count). The summed E-state index contributed by atoms with van der Waals surface area (Å²) in [6, 6.07) is 28.5. The van der Waals surface area contributed by atoms with Crippen molar-refractivity contribution in [3.8, 4) is 11.5 Å². The van der Waals surface area contributed by atoms with Crippen LogP contribution in [0.4, 0.5) is 0 Å². The Morgan fingerprint density at radius 3 is 1.85 bits per heavy atom. The number of carboxylic acid groups (broad SMARTS) is 2. The number of ether oxygens (including phenoxy) is 2. The van der Waals surface area contributed by atoms with Crippen molar-refractivity contribution in [2.75, 3.05) is 20.6 Å². The van der Waals surface area contributed by atoms with Crippen LogP contribution < -0.4 is 9.47 Å². The first-order valence-electron chi connectivity index (χ1n) is 10.4. The van der Waals surface area contributed by atoms with Gasteiger partial charge in [0.15, 0.2) is 11.5 Å². The predicted molar refractivity (Wildman–Crippen MR) is 125 cm³/mol. The largest absolute Gasteiger partial charge is 0.485 e. The summed E-state index contributed by atoms with van der Waals surface area (Å²) < 4.78 is 12.5. The molecule has 1 unspecified atom stereocenters. The van der Waals surface area contributed by atoms with Gasteiger partial charge in [0, 0.05) is 13.0 Å². The normalized spacial score (nSPS) is 11.1. The molecule has 0 saturated carbocycles. The number of rotatable bonds is 9. The summed E-state index contributed by atoms with van der Waals surface area (Å²) in [7, 11) is 4.16. The van der Waals surface area contributed by atoms with Gasteiger partial charge >= 0.3 is 11.9 Å². The van der Waals surface area contributed by atoms with Crippen LogP contribution in [0.5, 0.6) is 11.5 Å². The highest BCUT2D eigenvalue weighted by atomic mass is 16.5. The van der Waals surface area contributed by atoms with Gasteiger partial charge in [-0.3, -0.25) is 0 Å². The lowest BCUT2D eigenvalue weighted by molar-refractivity contribution is -0.159. The molecule has 0 aliphatic rings. The van der Waals surface area contributed by atoms with Crippen LogP contribution >= 0.6 is 0 Å². The van der Waals surface area contributed by atoms with E-state index in [0.29, 0.717) is 6.61 Å². The Kier molecular flexibility index (Phi) is 10.4. The molecule has 0 heterocycles. The molecule has 0 amide bonds. The molecule has 0 saturated heterocycles. The smallest absolute Gasteiger partial charge is 0.414 e. The zero-order valence-electron chi connectivity index (χ0n) is 18.8. The van der Waals surface area contributed by atoms with Gasteiger partial charge in [-0.05, 0) is 37.4 Å². The number of hydrogen-bond donors (Lipinski definition) is 2. The second-order valence-electron chi connectivity index (χ2n) is 7.44. The molecule has 0 aromatic heterocycles. The second kappa shape index (κ2) is 13.5. The van der Waals surface area contributed by atoms with Crippen molar-refractivity contribution in [2.24, 2.45) is 0 Å². The summed E-state index contributed by atoms with van der Waals surface area (Å²) in [5.74, 6) is -2.10. The highest BCUT2D eigenvalue weighted by Gasteiger charge is 2.16. The van der Waals surface area contributed by atoms with Gasteiger partial charge in [-0.25, -0.2) is 9.59 Å². The topological polar surface area (TPSA) is 96.3 Å². The third kappa shape index (κ3) is 9.45.